The van der Waals surface area contributed by atoms with Gasteiger partial charge in [-0.25, -0.2) is 0 Å². The quantitative estimate of drug-likeness (QED) is 0.778. The molecule has 148 valence electrons. The van der Waals surface area contributed by atoms with Crippen LogP contribution in [0.3, 0.4) is 0 Å². The van der Waals surface area contributed by atoms with Crippen molar-refractivity contribution in [2.24, 2.45) is 0 Å². The first-order valence-electron chi connectivity index (χ1n) is 9.02. The number of rotatable bonds is 6. The molecule has 1 aliphatic heterocycles. The van der Waals surface area contributed by atoms with Gasteiger partial charge in [0, 0.05) is 23.4 Å². The van der Waals surface area contributed by atoms with Crippen molar-refractivity contribution in [1.29, 1.82) is 0 Å². The monoisotopic (exact) mass is 402 g/mol. The van der Waals surface area contributed by atoms with E-state index in [2.05, 4.69) is 10.6 Å². The number of aryl methyl sites for hydroxylation is 1. The summed E-state index contributed by atoms with van der Waals surface area (Å²) in [7, 11) is 1.60. The largest absolute Gasteiger partial charge is 0.377 e. The predicted octanol–water partition coefficient (Wildman–Crippen LogP) is 2.97. The van der Waals surface area contributed by atoms with Gasteiger partial charge in [0.1, 0.15) is 6.10 Å². The van der Waals surface area contributed by atoms with Crippen LogP contribution in [0.5, 0.6) is 0 Å². The molecule has 2 atom stereocenters. The van der Waals surface area contributed by atoms with Crippen molar-refractivity contribution in [3.8, 4) is 0 Å². The Bertz CT molecular complexity index is 871. The molecule has 0 spiro atoms. The number of hydrogen-bond donors (Lipinski definition) is 2. The molecule has 3 rings (SSSR count). The fourth-order valence-electron chi connectivity index (χ4n) is 3.08. The van der Waals surface area contributed by atoms with Gasteiger partial charge in [0.2, 0.25) is 5.91 Å². The topological polar surface area (TPSA) is 76.7 Å². The average Bonchev–Trinajstić information content (AvgIpc) is 3.10. The maximum Gasteiger partial charge on any atom is 0.251 e. The SMILES string of the molecule is CO[C@@H]1COC[C@@H]1NC(=O)c1ccc(C)c(NC(=O)Cc2cccc(Cl)c2)c1. The summed E-state index contributed by atoms with van der Waals surface area (Å²) in [5.74, 6) is -0.408. The van der Waals surface area contributed by atoms with Gasteiger partial charge >= 0.3 is 0 Å². The van der Waals surface area contributed by atoms with Gasteiger partial charge in [-0.15, -0.1) is 0 Å². The third-order valence-corrected chi connectivity index (χ3v) is 4.91. The molecular weight excluding hydrogens is 380 g/mol. The van der Waals surface area contributed by atoms with E-state index < -0.39 is 0 Å². The Morgan fingerprint density at radius 2 is 2.04 bits per heavy atom. The van der Waals surface area contributed by atoms with Crippen LogP contribution < -0.4 is 10.6 Å². The zero-order chi connectivity index (χ0) is 20.1. The summed E-state index contributed by atoms with van der Waals surface area (Å²) in [6, 6.07) is 12.2. The molecule has 2 aromatic rings. The second kappa shape index (κ2) is 9.19. The van der Waals surface area contributed by atoms with Gasteiger partial charge in [0.05, 0.1) is 25.7 Å². The molecule has 0 radical (unpaired) electrons. The minimum Gasteiger partial charge on any atom is -0.377 e. The average molecular weight is 403 g/mol. The Morgan fingerprint density at radius 3 is 2.79 bits per heavy atom. The predicted molar refractivity (Wildman–Crippen MR) is 108 cm³/mol. The van der Waals surface area contributed by atoms with E-state index in [0.29, 0.717) is 29.5 Å². The fraction of sp³-hybridized carbons (Fsp3) is 0.333. The van der Waals surface area contributed by atoms with Gasteiger partial charge in [-0.1, -0.05) is 29.8 Å². The number of methoxy groups -OCH3 is 1. The molecule has 0 bridgehead atoms. The lowest BCUT2D eigenvalue weighted by Crippen LogP contribution is -2.43. The summed E-state index contributed by atoms with van der Waals surface area (Å²) < 4.78 is 10.7. The summed E-state index contributed by atoms with van der Waals surface area (Å²) in [5, 5.41) is 6.39. The summed E-state index contributed by atoms with van der Waals surface area (Å²) in [4.78, 5) is 25.0. The van der Waals surface area contributed by atoms with Crippen LogP contribution >= 0.6 is 11.6 Å². The molecule has 6 nitrogen and oxygen atoms in total. The van der Waals surface area contributed by atoms with Crippen LogP contribution in [0.1, 0.15) is 21.5 Å². The highest BCUT2D eigenvalue weighted by Gasteiger charge is 2.29. The van der Waals surface area contributed by atoms with Gasteiger partial charge in [-0.05, 0) is 42.3 Å². The Kier molecular flexibility index (Phi) is 6.67. The maximum absolute atomic E-state index is 12.6. The molecule has 1 saturated heterocycles. The number of halogens is 1. The third-order valence-electron chi connectivity index (χ3n) is 4.68. The lowest BCUT2D eigenvalue weighted by Gasteiger charge is -2.18. The molecule has 28 heavy (non-hydrogen) atoms. The number of amides is 2. The Hall–Kier alpha value is -2.41. The molecule has 0 saturated carbocycles. The van der Waals surface area contributed by atoms with Gasteiger partial charge in [-0.3, -0.25) is 9.59 Å². The number of anilines is 1. The van der Waals surface area contributed by atoms with Crippen LogP contribution in [0.4, 0.5) is 5.69 Å². The molecule has 2 amide bonds. The van der Waals surface area contributed by atoms with E-state index >= 15 is 0 Å². The van der Waals surface area contributed by atoms with Crippen molar-refractivity contribution in [3.63, 3.8) is 0 Å². The molecule has 1 aliphatic rings. The molecule has 0 unspecified atom stereocenters. The Morgan fingerprint density at radius 1 is 1.21 bits per heavy atom. The van der Waals surface area contributed by atoms with Gasteiger partial charge in [-0.2, -0.15) is 0 Å². The number of ether oxygens (including phenoxy) is 2. The van der Waals surface area contributed by atoms with Gasteiger partial charge in [0.25, 0.3) is 5.91 Å². The maximum atomic E-state index is 12.6. The van der Waals surface area contributed by atoms with Crippen LogP contribution in [0, 0.1) is 6.92 Å². The first-order valence-corrected chi connectivity index (χ1v) is 9.40. The first kappa shape index (κ1) is 20.3. The van der Waals surface area contributed by atoms with Gasteiger partial charge < -0.3 is 20.1 Å². The van der Waals surface area contributed by atoms with Gasteiger partial charge in [0.15, 0.2) is 0 Å². The van der Waals surface area contributed by atoms with Crippen molar-refractivity contribution < 1.29 is 19.1 Å². The zero-order valence-electron chi connectivity index (χ0n) is 15.8. The molecular formula is C21H23ClN2O4. The second-order valence-electron chi connectivity index (χ2n) is 6.78. The van der Waals surface area contributed by atoms with Crippen LogP contribution in [0.15, 0.2) is 42.5 Å². The van der Waals surface area contributed by atoms with Crippen molar-refractivity contribution >= 4 is 29.1 Å². The van der Waals surface area contributed by atoms with Crippen molar-refractivity contribution in [2.75, 3.05) is 25.6 Å². The number of benzene rings is 2. The first-order chi connectivity index (χ1) is 13.5. The van der Waals surface area contributed by atoms with E-state index in [1.165, 1.54) is 0 Å². The summed E-state index contributed by atoms with van der Waals surface area (Å²) in [6.07, 6.45) is 0.0389. The molecule has 1 heterocycles. The highest BCUT2D eigenvalue weighted by Crippen LogP contribution is 2.19. The number of nitrogens with one attached hydrogen (secondary N) is 2. The lowest BCUT2D eigenvalue weighted by molar-refractivity contribution is -0.115. The standard InChI is InChI=1S/C21H23ClN2O4/c1-13-6-7-15(21(26)24-18-11-28-12-19(18)27-2)10-17(13)23-20(25)9-14-4-3-5-16(22)8-14/h3-8,10,18-19H,9,11-12H2,1-2H3,(H,23,25)(H,24,26)/t18-,19+/m0/s1. The van der Waals surface area contributed by atoms with Crippen LogP contribution in [0.2, 0.25) is 5.02 Å². The smallest absolute Gasteiger partial charge is 0.251 e. The van der Waals surface area contributed by atoms with E-state index in [4.69, 9.17) is 21.1 Å². The van der Waals surface area contributed by atoms with Crippen molar-refractivity contribution in [1.82, 2.24) is 5.32 Å². The van der Waals surface area contributed by atoms with Crippen LogP contribution in [-0.2, 0) is 20.7 Å². The van der Waals surface area contributed by atoms with E-state index in [-0.39, 0.29) is 30.4 Å². The molecule has 2 aromatic carbocycles. The lowest BCUT2D eigenvalue weighted by atomic mass is 10.1. The van der Waals surface area contributed by atoms with Crippen molar-refractivity contribution in [3.05, 3.63) is 64.2 Å². The molecule has 2 N–H and O–H groups in total. The molecule has 0 aromatic heterocycles. The minimum atomic E-state index is -0.233. The highest BCUT2D eigenvalue weighted by molar-refractivity contribution is 6.30. The van der Waals surface area contributed by atoms with E-state index in [1.54, 1.807) is 37.4 Å². The number of hydrogen-bond acceptors (Lipinski definition) is 4. The Balaban J connectivity index is 1.67. The zero-order valence-corrected chi connectivity index (χ0v) is 16.6. The van der Waals surface area contributed by atoms with E-state index in [1.807, 2.05) is 19.1 Å². The van der Waals surface area contributed by atoms with Crippen LogP contribution in [-0.4, -0.2) is 44.3 Å². The van der Waals surface area contributed by atoms with Crippen molar-refractivity contribution in [2.45, 2.75) is 25.5 Å². The molecule has 1 fully saturated rings. The third kappa shape index (κ3) is 5.10. The number of carbonyl (C=O) groups is 2. The van der Waals surface area contributed by atoms with Crippen LogP contribution in [0.25, 0.3) is 0 Å². The summed E-state index contributed by atoms with van der Waals surface area (Å²) in [6.45, 7) is 2.75. The van der Waals surface area contributed by atoms with E-state index in [9.17, 15) is 9.59 Å². The normalized spacial score (nSPS) is 18.7. The second-order valence-corrected chi connectivity index (χ2v) is 7.21. The molecule has 0 aliphatic carbocycles. The van der Waals surface area contributed by atoms with E-state index in [0.717, 1.165) is 11.1 Å². The molecule has 7 heteroatoms. The summed E-state index contributed by atoms with van der Waals surface area (Å²) in [5.41, 5.74) is 2.76. The minimum absolute atomic E-state index is 0.161. The Labute approximate surface area is 169 Å². The summed E-state index contributed by atoms with van der Waals surface area (Å²) >= 11 is 5.97. The number of carbonyl (C=O) groups excluding carboxylic acids is 2. The fourth-order valence-corrected chi connectivity index (χ4v) is 3.29. The highest BCUT2D eigenvalue weighted by atomic mass is 35.5.